The van der Waals surface area contributed by atoms with Gasteiger partial charge in [-0.05, 0) is 32.2 Å². The van der Waals surface area contributed by atoms with E-state index in [-0.39, 0.29) is 0 Å². The summed E-state index contributed by atoms with van der Waals surface area (Å²) in [4.78, 5) is 2.54. The fraction of sp³-hybridized carbons (Fsp3) is 0.846. The third-order valence-electron chi connectivity index (χ3n) is 2.76. The first-order valence-electron chi connectivity index (χ1n) is 6.18. The summed E-state index contributed by atoms with van der Waals surface area (Å²) in [6.07, 6.45) is 2.68. The van der Waals surface area contributed by atoms with Gasteiger partial charge < -0.3 is 5.32 Å². The van der Waals surface area contributed by atoms with Gasteiger partial charge in [0.15, 0.2) is 0 Å². The van der Waals surface area contributed by atoms with Gasteiger partial charge in [-0.15, -0.1) is 0 Å². The average Bonchev–Trinajstić information content (AvgIpc) is 2.53. The Kier molecular flexibility index (Phi) is 5.34. The number of nitrogens with zero attached hydrogens (tertiary/aromatic N) is 1. The maximum atomic E-state index is 4.01. The number of hydrogen-bond donors (Lipinski definition) is 1. The first-order valence-corrected chi connectivity index (χ1v) is 6.18. The van der Waals surface area contributed by atoms with Crippen molar-refractivity contribution in [1.82, 2.24) is 10.2 Å². The van der Waals surface area contributed by atoms with Crippen molar-refractivity contribution < 1.29 is 0 Å². The van der Waals surface area contributed by atoms with Crippen molar-refractivity contribution in [3.8, 4) is 0 Å². The molecule has 0 radical (unpaired) electrons. The predicted octanol–water partition coefficient (Wildman–Crippen LogP) is 2.27. The highest BCUT2D eigenvalue weighted by Crippen LogP contribution is 2.09. The maximum absolute atomic E-state index is 4.01. The molecule has 0 spiro atoms. The van der Waals surface area contributed by atoms with Gasteiger partial charge in [0.2, 0.25) is 0 Å². The van der Waals surface area contributed by atoms with Gasteiger partial charge in [-0.25, -0.2) is 0 Å². The molecule has 0 bridgehead atoms. The topological polar surface area (TPSA) is 15.3 Å². The molecule has 1 heterocycles. The van der Waals surface area contributed by atoms with Gasteiger partial charge in [0, 0.05) is 25.7 Å². The van der Waals surface area contributed by atoms with E-state index in [4.69, 9.17) is 0 Å². The molecule has 1 aliphatic heterocycles. The molecule has 15 heavy (non-hydrogen) atoms. The van der Waals surface area contributed by atoms with Crippen molar-refractivity contribution in [2.75, 3.05) is 26.2 Å². The van der Waals surface area contributed by atoms with Gasteiger partial charge in [0.05, 0.1) is 0 Å². The lowest BCUT2D eigenvalue weighted by Gasteiger charge is -2.27. The minimum Gasteiger partial charge on any atom is -0.313 e. The SMILES string of the molecule is C=C(C)CN(CC(C)C)CC1CCCN1. The summed E-state index contributed by atoms with van der Waals surface area (Å²) in [7, 11) is 0. The highest BCUT2D eigenvalue weighted by molar-refractivity contribution is 4.93. The van der Waals surface area contributed by atoms with Crippen LogP contribution in [0.3, 0.4) is 0 Å². The number of hydrogen-bond acceptors (Lipinski definition) is 2. The van der Waals surface area contributed by atoms with Gasteiger partial charge in [-0.2, -0.15) is 0 Å². The van der Waals surface area contributed by atoms with Crippen LogP contribution in [-0.4, -0.2) is 37.1 Å². The largest absolute Gasteiger partial charge is 0.313 e. The highest BCUT2D eigenvalue weighted by atomic mass is 15.2. The Hall–Kier alpha value is -0.340. The van der Waals surface area contributed by atoms with Crippen LogP contribution in [0.15, 0.2) is 12.2 Å². The molecule has 1 N–H and O–H groups in total. The molecule has 0 aromatic carbocycles. The van der Waals surface area contributed by atoms with Gasteiger partial charge in [-0.3, -0.25) is 4.90 Å². The summed E-state index contributed by atoms with van der Waals surface area (Å²) in [5, 5.41) is 3.56. The van der Waals surface area contributed by atoms with E-state index >= 15 is 0 Å². The minimum absolute atomic E-state index is 0.711. The zero-order valence-electron chi connectivity index (χ0n) is 10.6. The normalized spacial score (nSPS) is 21.5. The van der Waals surface area contributed by atoms with E-state index in [1.807, 2.05) is 0 Å². The van der Waals surface area contributed by atoms with Crippen molar-refractivity contribution >= 4 is 0 Å². The Balaban J connectivity index is 2.36. The summed E-state index contributed by atoms with van der Waals surface area (Å²) in [6.45, 7) is 15.3. The Morgan fingerprint density at radius 3 is 2.73 bits per heavy atom. The summed E-state index contributed by atoms with van der Waals surface area (Å²) in [5.41, 5.74) is 1.27. The van der Waals surface area contributed by atoms with Crippen LogP contribution in [0.5, 0.6) is 0 Å². The molecule has 1 fully saturated rings. The van der Waals surface area contributed by atoms with Crippen molar-refractivity contribution in [2.24, 2.45) is 5.92 Å². The first kappa shape index (κ1) is 12.7. The quantitative estimate of drug-likeness (QED) is 0.677. The van der Waals surface area contributed by atoms with E-state index in [0.29, 0.717) is 6.04 Å². The molecule has 2 heteroatoms. The third-order valence-corrected chi connectivity index (χ3v) is 2.76. The monoisotopic (exact) mass is 210 g/mol. The number of nitrogens with one attached hydrogen (secondary N) is 1. The van der Waals surface area contributed by atoms with Gasteiger partial charge in [0.25, 0.3) is 0 Å². The van der Waals surface area contributed by atoms with Gasteiger partial charge in [-0.1, -0.05) is 26.0 Å². The summed E-state index contributed by atoms with van der Waals surface area (Å²) >= 11 is 0. The van der Waals surface area contributed by atoms with Crippen LogP contribution in [0.1, 0.15) is 33.6 Å². The van der Waals surface area contributed by atoms with E-state index in [2.05, 4.69) is 37.6 Å². The fourth-order valence-electron chi connectivity index (χ4n) is 2.33. The predicted molar refractivity (Wildman–Crippen MR) is 67.1 cm³/mol. The van der Waals surface area contributed by atoms with Crippen LogP contribution in [0, 0.1) is 5.92 Å². The fourth-order valence-corrected chi connectivity index (χ4v) is 2.33. The first-order chi connectivity index (χ1) is 7.08. The lowest BCUT2D eigenvalue weighted by atomic mass is 10.1. The maximum Gasteiger partial charge on any atom is 0.0195 e. The second-order valence-corrected chi connectivity index (χ2v) is 5.34. The van der Waals surface area contributed by atoms with Crippen molar-refractivity contribution in [1.29, 1.82) is 0 Å². The lowest BCUT2D eigenvalue weighted by molar-refractivity contribution is 0.241. The molecule has 88 valence electrons. The van der Waals surface area contributed by atoms with Crippen molar-refractivity contribution in [3.63, 3.8) is 0 Å². The van der Waals surface area contributed by atoms with E-state index in [1.54, 1.807) is 0 Å². The Morgan fingerprint density at radius 2 is 2.27 bits per heavy atom. The van der Waals surface area contributed by atoms with Crippen LogP contribution >= 0.6 is 0 Å². The zero-order valence-corrected chi connectivity index (χ0v) is 10.6. The smallest absolute Gasteiger partial charge is 0.0195 e. The molecular formula is C13H26N2. The second-order valence-electron chi connectivity index (χ2n) is 5.34. The van der Waals surface area contributed by atoms with Crippen LogP contribution < -0.4 is 5.32 Å². The van der Waals surface area contributed by atoms with E-state index in [1.165, 1.54) is 38.0 Å². The summed E-state index contributed by atoms with van der Waals surface area (Å²) in [5.74, 6) is 0.741. The second kappa shape index (κ2) is 6.29. The van der Waals surface area contributed by atoms with Crippen molar-refractivity contribution in [3.05, 3.63) is 12.2 Å². The molecular weight excluding hydrogens is 184 g/mol. The molecule has 0 amide bonds. The molecule has 1 aliphatic rings. The van der Waals surface area contributed by atoms with E-state index in [0.717, 1.165) is 12.5 Å². The van der Waals surface area contributed by atoms with Crippen LogP contribution in [0.2, 0.25) is 0 Å². The molecule has 0 aliphatic carbocycles. The van der Waals surface area contributed by atoms with Gasteiger partial charge >= 0.3 is 0 Å². The summed E-state index contributed by atoms with van der Waals surface area (Å²) in [6, 6.07) is 0.711. The lowest BCUT2D eigenvalue weighted by Crippen LogP contribution is -2.40. The highest BCUT2D eigenvalue weighted by Gasteiger charge is 2.18. The van der Waals surface area contributed by atoms with Crippen molar-refractivity contribution in [2.45, 2.75) is 39.7 Å². The average molecular weight is 210 g/mol. The molecule has 1 atom stereocenters. The molecule has 1 unspecified atom stereocenters. The summed E-state index contributed by atoms with van der Waals surface area (Å²) < 4.78 is 0. The van der Waals surface area contributed by atoms with E-state index < -0.39 is 0 Å². The Labute approximate surface area is 94.7 Å². The molecule has 0 saturated carbocycles. The van der Waals surface area contributed by atoms with Gasteiger partial charge in [0.1, 0.15) is 0 Å². The minimum atomic E-state index is 0.711. The van der Waals surface area contributed by atoms with Crippen LogP contribution in [0.4, 0.5) is 0 Å². The Morgan fingerprint density at radius 1 is 1.53 bits per heavy atom. The third kappa shape index (κ3) is 5.33. The Bertz CT molecular complexity index is 193. The molecule has 1 saturated heterocycles. The standard InChI is InChI=1S/C13H26N2/c1-11(2)8-15(9-12(3)4)10-13-6-5-7-14-13/h12-14H,1,5-10H2,2-4H3. The van der Waals surface area contributed by atoms with Crippen LogP contribution in [-0.2, 0) is 0 Å². The molecule has 0 aromatic rings. The molecule has 0 aromatic heterocycles. The molecule has 2 nitrogen and oxygen atoms in total. The zero-order chi connectivity index (χ0) is 11.3. The van der Waals surface area contributed by atoms with E-state index in [9.17, 15) is 0 Å². The molecule has 1 rings (SSSR count). The van der Waals surface area contributed by atoms with Crippen LogP contribution in [0.25, 0.3) is 0 Å². The number of rotatable bonds is 6.